The second-order valence-corrected chi connectivity index (χ2v) is 7.28. The highest BCUT2D eigenvalue weighted by Gasteiger charge is 2.26. The van der Waals surface area contributed by atoms with Gasteiger partial charge in [0.2, 0.25) is 5.16 Å². The average molecular weight is 402 g/mol. The molecular weight excluding hydrogens is 384 g/mol. The Hall–Kier alpha value is -3.45. The first-order chi connectivity index (χ1) is 14.3. The van der Waals surface area contributed by atoms with Crippen LogP contribution in [0.1, 0.15) is 21.2 Å². The van der Waals surface area contributed by atoms with E-state index in [-0.39, 0.29) is 5.78 Å². The first kappa shape index (κ1) is 18.9. The number of methoxy groups -OCH3 is 1. The lowest BCUT2D eigenvalue weighted by Crippen LogP contribution is -2.11. The van der Waals surface area contributed by atoms with Gasteiger partial charge >= 0.3 is 0 Å². The van der Waals surface area contributed by atoms with E-state index in [1.165, 1.54) is 11.8 Å². The van der Waals surface area contributed by atoms with Crippen molar-refractivity contribution in [1.29, 1.82) is 0 Å². The minimum absolute atomic E-state index is 0.00563. The van der Waals surface area contributed by atoms with Gasteiger partial charge < -0.3 is 4.74 Å². The van der Waals surface area contributed by atoms with Crippen LogP contribution in [0.4, 0.5) is 0 Å². The third-order valence-corrected chi connectivity index (χ3v) is 5.57. The van der Waals surface area contributed by atoms with Gasteiger partial charge in [0.25, 0.3) is 0 Å². The minimum Gasteiger partial charge on any atom is -0.497 e. The van der Waals surface area contributed by atoms with Gasteiger partial charge in [-0.3, -0.25) is 4.79 Å². The van der Waals surface area contributed by atoms with Gasteiger partial charge in [0.05, 0.1) is 12.8 Å². The van der Waals surface area contributed by atoms with Crippen LogP contribution in [0, 0.1) is 0 Å². The summed E-state index contributed by atoms with van der Waals surface area (Å²) in [5, 5.41) is 12.1. The predicted molar refractivity (Wildman–Crippen MR) is 112 cm³/mol. The molecule has 1 atom stereocenters. The number of nitrogens with zero attached hydrogens (tertiary/aromatic N) is 4. The molecule has 0 aliphatic carbocycles. The van der Waals surface area contributed by atoms with Crippen molar-refractivity contribution in [2.45, 2.75) is 10.4 Å². The van der Waals surface area contributed by atoms with Crippen LogP contribution in [0.5, 0.6) is 5.75 Å². The minimum atomic E-state index is -0.471. The maximum Gasteiger partial charge on any atom is 0.215 e. The average Bonchev–Trinajstić information content (AvgIpc) is 3.26. The number of ketones is 1. The van der Waals surface area contributed by atoms with Crippen LogP contribution in [0.25, 0.3) is 5.69 Å². The van der Waals surface area contributed by atoms with E-state index in [9.17, 15) is 4.79 Å². The smallest absolute Gasteiger partial charge is 0.215 e. The van der Waals surface area contributed by atoms with Crippen molar-refractivity contribution in [3.63, 3.8) is 0 Å². The second-order valence-electron chi connectivity index (χ2n) is 6.21. The van der Waals surface area contributed by atoms with Crippen LogP contribution in [0.15, 0.2) is 90.1 Å². The quantitative estimate of drug-likeness (QED) is 0.337. The number of Topliss-reactive ketones (excluding diaryl/α,β-unsaturated/α-hetero) is 1. The largest absolute Gasteiger partial charge is 0.497 e. The van der Waals surface area contributed by atoms with Gasteiger partial charge in [-0.15, -0.1) is 5.10 Å². The zero-order valence-corrected chi connectivity index (χ0v) is 16.5. The molecule has 6 nitrogen and oxygen atoms in total. The molecule has 0 fully saturated rings. The molecule has 0 aliphatic heterocycles. The number of hydrogen-bond acceptors (Lipinski definition) is 6. The summed E-state index contributed by atoms with van der Waals surface area (Å²) in [6.45, 7) is 0. The number of tetrazole rings is 1. The van der Waals surface area contributed by atoms with Gasteiger partial charge in [-0.25, -0.2) is 0 Å². The standard InChI is InChI=1S/C22H18N4O2S/c1-28-19-14-12-18(13-15-19)26-22(23-24-25-26)29-21(17-10-6-3-7-11-17)20(27)16-8-4-2-5-9-16/h2-15,21H,1H3/t21-/m1/s1. The fourth-order valence-corrected chi connectivity index (χ4v) is 3.97. The monoisotopic (exact) mass is 402 g/mol. The normalized spacial score (nSPS) is 11.8. The molecule has 0 saturated carbocycles. The Bertz CT molecular complexity index is 1080. The summed E-state index contributed by atoms with van der Waals surface area (Å²) in [5.41, 5.74) is 2.34. The molecule has 7 heteroatoms. The highest BCUT2D eigenvalue weighted by Crippen LogP contribution is 2.37. The lowest BCUT2D eigenvalue weighted by Gasteiger charge is -2.15. The van der Waals surface area contributed by atoms with Gasteiger partial charge in [0.15, 0.2) is 5.78 Å². The zero-order chi connectivity index (χ0) is 20.1. The fraction of sp³-hybridized carbons (Fsp3) is 0.0909. The summed E-state index contributed by atoms with van der Waals surface area (Å²) in [5.74, 6) is 0.753. The lowest BCUT2D eigenvalue weighted by molar-refractivity contribution is 0.0989. The van der Waals surface area contributed by atoms with Crippen LogP contribution in [0.3, 0.4) is 0 Å². The molecular formula is C22H18N4O2S. The van der Waals surface area contributed by atoms with Gasteiger partial charge in [-0.2, -0.15) is 4.68 Å². The highest BCUT2D eigenvalue weighted by atomic mass is 32.2. The second kappa shape index (κ2) is 8.70. The Labute approximate surface area is 172 Å². The number of benzene rings is 3. The molecule has 4 aromatic rings. The van der Waals surface area contributed by atoms with Gasteiger partial charge in [0.1, 0.15) is 11.0 Å². The number of hydrogen-bond donors (Lipinski definition) is 0. The Morgan fingerprint density at radius 3 is 2.24 bits per heavy atom. The van der Waals surface area contributed by atoms with Crippen LogP contribution in [0.2, 0.25) is 0 Å². The number of thioether (sulfide) groups is 1. The number of aromatic nitrogens is 4. The summed E-state index contributed by atoms with van der Waals surface area (Å²) in [6.07, 6.45) is 0. The third kappa shape index (κ3) is 4.20. The molecule has 0 bridgehead atoms. The molecule has 4 rings (SSSR count). The van der Waals surface area contributed by atoms with Crippen molar-refractivity contribution in [2.75, 3.05) is 7.11 Å². The van der Waals surface area contributed by atoms with E-state index in [0.29, 0.717) is 10.7 Å². The van der Waals surface area contributed by atoms with E-state index in [1.807, 2.05) is 84.9 Å². The molecule has 0 N–H and O–H groups in total. The number of rotatable bonds is 7. The predicted octanol–water partition coefficient (Wildman–Crippen LogP) is 4.39. The summed E-state index contributed by atoms with van der Waals surface area (Å²) in [4.78, 5) is 13.3. The number of carbonyl (C=O) groups excluding carboxylic acids is 1. The maximum atomic E-state index is 13.3. The molecule has 3 aromatic carbocycles. The Balaban J connectivity index is 1.69. The molecule has 0 unspecified atom stereocenters. The molecule has 0 aliphatic rings. The molecule has 29 heavy (non-hydrogen) atoms. The lowest BCUT2D eigenvalue weighted by atomic mass is 10.0. The Morgan fingerprint density at radius 1 is 0.931 bits per heavy atom. The van der Waals surface area contributed by atoms with Crippen LogP contribution >= 0.6 is 11.8 Å². The molecule has 0 spiro atoms. The van der Waals surface area contributed by atoms with Crippen LogP contribution in [-0.2, 0) is 0 Å². The van der Waals surface area contributed by atoms with Crippen LogP contribution < -0.4 is 4.74 Å². The van der Waals surface area contributed by atoms with E-state index in [0.717, 1.165) is 17.0 Å². The van der Waals surface area contributed by atoms with Gasteiger partial charge in [0, 0.05) is 5.56 Å². The molecule has 0 radical (unpaired) electrons. The summed E-state index contributed by atoms with van der Waals surface area (Å²) in [7, 11) is 1.62. The highest BCUT2D eigenvalue weighted by molar-refractivity contribution is 8.00. The molecule has 0 amide bonds. The fourth-order valence-electron chi connectivity index (χ4n) is 2.90. The van der Waals surface area contributed by atoms with Crippen LogP contribution in [-0.4, -0.2) is 33.1 Å². The van der Waals surface area contributed by atoms with Crippen molar-refractivity contribution in [3.8, 4) is 11.4 Å². The summed E-state index contributed by atoms with van der Waals surface area (Å²) >= 11 is 1.33. The van der Waals surface area contributed by atoms with E-state index < -0.39 is 5.25 Å². The zero-order valence-electron chi connectivity index (χ0n) is 15.7. The van der Waals surface area contributed by atoms with Crippen molar-refractivity contribution in [3.05, 3.63) is 96.1 Å². The summed E-state index contributed by atoms with van der Waals surface area (Å²) < 4.78 is 6.83. The molecule has 1 aromatic heterocycles. The first-order valence-corrected chi connectivity index (χ1v) is 9.88. The van der Waals surface area contributed by atoms with Gasteiger partial charge in [-0.05, 0) is 40.3 Å². The Morgan fingerprint density at radius 2 is 1.59 bits per heavy atom. The first-order valence-electron chi connectivity index (χ1n) is 9.00. The van der Waals surface area contributed by atoms with Crippen molar-refractivity contribution in [2.24, 2.45) is 0 Å². The van der Waals surface area contributed by atoms with Gasteiger partial charge in [-0.1, -0.05) is 72.4 Å². The Kier molecular flexibility index (Phi) is 5.67. The topological polar surface area (TPSA) is 69.9 Å². The van der Waals surface area contributed by atoms with Crippen molar-refractivity contribution < 1.29 is 9.53 Å². The maximum absolute atomic E-state index is 13.3. The third-order valence-electron chi connectivity index (χ3n) is 4.38. The molecule has 1 heterocycles. The van der Waals surface area contributed by atoms with E-state index in [1.54, 1.807) is 11.8 Å². The van der Waals surface area contributed by atoms with Crippen molar-refractivity contribution in [1.82, 2.24) is 20.2 Å². The number of carbonyl (C=O) groups is 1. The van der Waals surface area contributed by atoms with Crippen molar-refractivity contribution >= 4 is 17.5 Å². The molecule has 144 valence electrons. The van der Waals surface area contributed by atoms with E-state index >= 15 is 0 Å². The SMILES string of the molecule is COc1ccc(-n2nnnc2S[C@@H](C(=O)c2ccccc2)c2ccccc2)cc1. The number of ether oxygens (including phenoxy) is 1. The van der Waals surface area contributed by atoms with E-state index in [2.05, 4.69) is 15.5 Å². The summed E-state index contributed by atoms with van der Waals surface area (Å²) in [6, 6.07) is 26.4. The molecule has 0 saturated heterocycles. The van der Waals surface area contributed by atoms with E-state index in [4.69, 9.17) is 4.74 Å².